The van der Waals surface area contributed by atoms with Crippen molar-refractivity contribution in [2.45, 2.75) is 50.3 Å². The van der Waals surface area contributed by atoms with Crippen molar-refractivity contribution in [2.24, 2.45) is 11.3 Å². The Morgan fingerprint density at radius 1 is 1.22 bits per heavy atom. The van der Waals surface area contributed by atoms with Crippen molar-refractivity contribution in [1.82, 2.24) is 0 Å². The number of aliphatic hydroxyl groups is 2. The summed E-state index contributed by atoms with van der Waals surface area (Å²) in [5.74, 6) is -0.227. The van der Waals surface area contributed by atoms with E-state index in [0.29, 0.717) is 24.3 Å². The number of ether oxygens (including phenoxy) is 4. The third-order valence-electron chi connectivity index (χ3n) is 6.45. The summed E-state index contributed by atoms with van der Waals surface area (Å²) in [6, 6.07) is 5.64. The zero-order valence-electron chi connectivity index (χ0n) is 16.5. The van der Waals surface area contributed by atoms with Gasteiger partial charge < -0.3 is 29.2 Å². The quantitative estimate of drug-likeness (QED) is 0.742. The van der Waals surface area contributed by atoms with Gasteiger partial charge in [0.05, 0.1) is 32.5 Å². The van der Waals surface area contributed by atoms with Gasteiger partial charge in [-0.05, 0) is 36.5 Å². The van der Waals surface area contributed by atoms with E-state index < -0.39 is 17.3 Å². The SMILES string of the molecule is C=CC[C@@]12C[C@H](OC)[C@H](O)C[C@@]1(O)O[C@H](c1ccc(OC)c(OC)c1)[C@@H]2C. The fourth-order valence-corrected chi connectivity index (χ4v) is 4.89. The molecule has 27 heavy (non-hydrogen) atoms. The Morgan fingerprint density at radius 3 is 2.52 bits per heavy atom. The second kappa shape index (κ2) is 7.43. The van der Waals surface area contributed by atoms with Gasteiger partial charge in [-0.3, -0.25) is 0 Å². The van der Waals surface area contributed by atoms with Crippen molar-refractivity contribution in [3.63, 3.8) is 0 Å². The molecule has 0 radical (unpaired) electrons. The fourth-order valence-electron chi connectivity index (χ4n) is 4.89. The van der Waals surface area contributed by atoms with Crippen LogP contribution in [0.1, 0.15) is 37.9 Å². The van der Waals surface area contributed by atoms with Gasteiger partial charge in [-0.25, -0.2) is 0 Å². The molecule has 3 rings (SSSR count). The minimum Gasteiger partial charge on any atom is -0.493 e. The first-order valence-electron chi connectivity index (χ1n) is 9.29. The van der Waals surface area contributed by atoms with Crippen LogP contribution >= 0.6 is 0 Å². The molecular weight excluding hydrogens is 348 g/mol. The molecule has 2 fully saturated rings. The van der Waals surface area contributed by atoms with Gasteiger partial charge in [-0.1, -0.05) is 19.1 Å². The molecule has 6 heteroatoms. The maximum atomic E-state index is 11.5. The van der Waals surface area contributed by atoms with Gasteiger partial charge in [0.25, 0.3) is 0 Å². The lowest BCUT2D eigenvalue weighted by molar-refractivity contribution is -0.287. The van der Waals surface area contributed by atoms with Crippen molar-refractivity contribution in [3.05, 3.63) is 36.4 Å². The maximum absolute atomic E-state index is 11.5. The molecule has 1 aromatic rings. The molecule has 1 saturated carbocycles. The van der Waals surface area contributed by atoms with Crippen LogP contribution in [0.2, 0.25) is 0 Å². The molecule has 6 nitrogen and oxygen atoms in total. The summed E-state index contributed by atoms with van der Waals surface area (Å²) < 4.78 is 22.5. The van der Waals surface area contributed by atoms with Crippen LogP contribution in [0.15, 0.2) is 30.9 Å². The van der Waals surface area contributed by atoms with Crippen LogP contribution in [0.3, 0.4) is 0 Å². The number of aliphatic hydroxyl groups excluding tert-OH is 1. The van der Waals surface area contributed by atoms with Crippen LogP contribution in [0.5, 0.6) is 11.5 Å². The summed E-state index contributed by atoms with van der Waals surface area (Å²) in [5, 5.41) is 21.9. The molecule has 2 aliphatic rings. The summed E-state index contributed by atoms with van der Waals surface area (Å²) in [6.07, 6.45) is 1.51. The van der Waals surface area contributed by atoms with E-state index >= 15 is 0 Å². The Bertz CT molecular complexity index is 691. The minimum absolute atomic E-state index is 0.0243. The van der Waals surface area contributed by atoms with Crippen molar-refractivity contribution in [3.8, 4) is 11.5 Å². The number of rotatable bonds is 6. The Labute approximate surface area is 160 Å². The third kappa shape index (κ3) is 3.05. The zero-order chi connectivity index (χ0) is 19.8. The minimum atomic E-state index is -1.45. The van der Waals surface area contributed by atoms with E-state index in [1.807, 2.05) is 24.3 Å². The summed E-state index contributed by atoms with van der Waals surface area (Å²) in [7, 11) is 4.77. The molecule has 1 aliphatic heterocycles. The van der Waals surface area contributed by atoms with Gasteiger partial charge in [0.15, 0.2) is 17.3 Å². The number of hydrogen-bond donors (Lipinski definition) is 2. The van der Waals surface area contributed by atoms with E-state index in [4.69, 9.17) is 18.9 Å². The lowest BCUT2D eigenvalue weighted by Gasteiger charge is -2.50. The van der Waals surface area contributed by atoms with Crippen LogP contribution in [0.25, 0.3) is 0 Å². The van der Waals surface area contributed by atoms with Gasteiger partial charge in [0.1, 0.15) is 0 Å². The highest BCUT2D eigenvalue weighted by Crippen LogP contribution is 2.63. The lowest BCUT2D eigenvalue weighted by Crippen LogP contribution is -2.58. The molecular formula is C21H30O6. The summed E-state index contributed by atoms with van der Waals surface area (Å²) >= 11 is 0. The zero-order valence-corrected chi connectivity index (χ0v) is 16.5. The Kier molecular flexibility index (Phi) is 5.54. The average molecular weight is 378 g/mol. The Morgan fingerprint density at radius 2 is 1.93 bits per heavy atom. The van der Waals surface area contributed by atoms with Gasteiger partial charge in [-0.15, -0.1) is 6.58 Å². The van der Waals surface area contributed by atoms with E-state index in [1.54, 1.807) is 21.3 Å². The van der Waals surface area contributed by atoms with E-state index in [1.165, 1.54) is 0 Å². The highest BCUT2D eigenvalue weighted by molar-refractivity contribution is 5.44. The molecule has 0 unspecified atom stereocenters. The van der Waals surface area contributed by atoms with Crippen LogP contribution in [0, 0.1) is 11.3 Å². The molecule has 0 bridgehead atoms. The van der Waals surface area contributed by atoms with E-state index in [2.05, 4.69) is 13.5 Å². The van der Waals surface area contributed by atoms with Gasteiger partial charge in [-0.2, -0.15) is 0 Å². The molecule has 6 atom stereocenters. The van der Waals surface area contributed by atoms with E-state index in [9.17, 15) is 10.2 Å². The normalized spacial score (nSPS) is 38.3. The Hall–Kier alpha value is -1.60. The van der Waals surface area contributed by atoms with Crippen molar-refractivity contribution in [2.75, 3.05) is 21.3 Å². The highest BCUT2D eigenvalue weighted by Gasteiger charge is 2.66. The first-order chi connectivity index (χ1) is 12.9. The predicted molar refractivity (Wildman–Crippen MR) is 101 cm³/mol. The highest BCUT2D eigenvalue weighted by atomic mass is 16.6. The molecule has 0 aromatic heterocycles. The van der Waals surface area contributed by atoms with E-state index in [0.717, 1.165) is 5.56 Å². The lowest BCUT2D eigenvalue weighted by atomic mass is 9.59. The molecule has 1 aromatic carbocycles. The second-order valence-electron chi connectivity index (χ2n) is 7.62. The second-order valence-corrected chi connectivity index (χ2v) is 7.62. The number of allylic oxidation sites excluding steroid dienone is 1. The standard InChI is InChI=1S/C21H30O6/c1-6-9-20-12-18(26-5)15(22)11-21(20,23)27-19(13(20)2)14-7-8-16(24-3)17(10-14)25-4/h6-8,10,13,15,18-19,22-23H,1,9,11-12H2,2-5H3/t13-,15+,18-,19-,20-,21+/m0/s1. The summed E-state index contributed by atoms with van der Waals surface area (Å²) in [6.45, 7) is 5.96. The molecule has 0 spiro atoms. The van der Waals surface area contributed by atoms with Gasteiger partial charge in [0.2, 0.25) is 0 Å². The largest absolute Gasteiger partial charge is 0.493 e. The Balaban J connectivity index is 2.02. The topological polar surface area (TPSA) is 77.4 Å². The fraction of sp³-hybridized carbons (Fsp3) is 0.619. The predicted octanol–water partition coefficient (Wildman–Crippen LogP) is 2.83. The summed E-state index contributed by atoms with van der Waals surface area (Å²) in [5.41, 5.74) is 0.307. The molecule has 150 valence electrons. The number of methoxy groups -OCH3 is 3. The third-order valence-corrected chi connectivity index (χ3v) is 6.45. The number of benzene rings is 1. The van der Waals surface area contributed by atoms with E-state index in [-0.39, 0.29) is 24.5 Å². The van der Waals surface area contributed by atoms with Gasteiger partial charge >= 0.3 is 0 Å². The first-order valence-corrected chi connectivity index (χ1v) is 9.29. The van der Waals surface area contributed by atoms with Crippen LogP contribution in [0.4, 0.5) is 0 Å². The smallest absolute Gasteiger partial charge is 0.175 e. The van der Waals surface area contributed by atoms with Crippen molar-refractivity contribution >= 4 is 0 Å². The maximum Gasteiger partial charge on any atom is 0.175 e. The molecule has 0 amide bonds. The van der Waals surface area contributed by atoms with Crippen molar-refractivity contribution < 1.29 is 29.2 Å². The van der Waals surface area contributed by atoms with Gasteiger partial charge in [0, 0.05) is 18.9 Å². The number of fused-ring (bicyclic) bond motifs is 1. The molecule has 1 aliphatic carbocycles. The first kappa shape index (κ1) is 20.1. The van der Waals surface area contributed by atoms with Crippen LogP contribution < -0.4 is 9.47 Å². The molecule has 1 saturated heterocycles. The van der Waals surface area contributed by atoms with Crippen LogP contribution in [-0.2, 0) is 9.47 Å². The summed E-state index contributed by atoms with van der Waals surface area (Å²) in [4.78, 5) is 0. The average Bonchev–Trinajstić information content (AvgIpc) is 2.88. The monoisotopic (exact) mass is 378 g/mol. The molecule has 2 N–H and O–H groups in total. The van der Waals surface area contributed by atoms with Crippen molar-refractivity contribution in [1.29, 1.82) is 0 Å². The molecule has 1 heterocycles. The van der Waals surface area contributed by atoms with Crippen LogP contribution in [-0.4, -0.2) is 49.5 Å². The number of hydrogen-bond acceptors (Lipinski definition) is 6.